The topological polar surface area (TPSA) is 3.24 Å². The maximum Gasteiger partial charge on any atom is 0.131 e. The smallest absolute Gasteiger partial charge is 0.131 e. The molecule has 0 radical (unpaired) electrons. The lowest BCUT2D eigenvalue weighted by Crippen LogP contribution is -2.30. The Morgan fingerprint density at radius 3 is 2.77 bits per heavy atom. The van der Waals surface area contributed by atoms with Crippen LogP contribution in [0, 0.1) is 5.82 Å². The number of likely N-dealkylation sites (N-methyl/N-ethyl adjacent to an activating group) is 1. The van der Waals surface area contributed by atoms with Gasteiger partial charge in [-0.3, -0.25) is 0 Å². The number of fused-ring (bicyclic) bond motifs is 2. The zero-order valence-corrected chi connectivity index (χ0v) is 12.6. The molecule has 0 amide bonds. The van der Waals surface area contributed by atoms with E-state index in [1.54, 1.807) is 6.07 Å². The summed E-state index contributed by atoms with van der Waals surface area (Å²) in [5, 5.41) is 1.67. The largest absolute Gasteiger partial charge is 0.301 e. The van der Waals surface area contributed by atoms with E-state index in [2.05, 4.69) is 42.3 Å². The van der Waals surface area contributed by atoms with Gasteiger partial charge in [-0.05, 0) is 41.3 Å². The van der Waals surface area contributed by atoms with Crippen LogP contribution >= 0.6 is 0 Å². The van der Waals surface area contributed by atoms with Crippen LogP contribution in [-0.2, 0) is 6.54 Å². The highest BCUT2D eigenvalue weighted by atomic mass is 19.1. The van der Waals surface area contributed by atoms with Crippen molar-refractivity contribution in [3.05, 3.63) is 83.2 Å². The molecule has 1 atom stereocenters. The first kappa shape index (κ1) is 13.5. The van der Waals surface area contributed by atoms with Crippen molar-refractivity contribution < 1.29 is 4.39 Å². The first-order valence-electron chi connectivity index (χ1n) is 7.67. The van der Waals surface area contributed by atoms with Crippen molar-refractivity contribution in [2.75, 3.05) is 13.6 Å². The zero-order chi connectivity index (χ0) is 15.1. The average Bonchev–Trinajstić information content (AvgIpc) is 2.54. The number of nitrogens with zero attached hydrogens (tertiary/aromatic N) is 1. The van der Waals surface area contributed by atoms with E-state index in [1.165, 1.54) is 22.8 Å². The molecular weight excluding hydrogens is 273 g/mol. The summed E-state index contributed by atoms with van der Waals surface area (Å²) in [7, 11) is 2.14. The molecule has 0 spiro atoms. The predicted molar refractivity (Wildman–Crippen MR) is 88.5 cm³/mol. The van der Waals surface area contributed by atoms with Crippen LogP contribution in [0.25, 0.3) is 10.8 Å². The van der Waals surface area contributed by atoms with Crippen LogP contribution in [-0.4, -0.2) is 18.5 Å². The van der Waals surface area contributed by atoms with E-state index in [9.17, 15) is 4.39 Å². The fourth-order valence-corrected chi connectivity index (χ4v) is 3.54. The monoisotopic (exact) mass is 291 g/mol. The molecule has 4 rings (SSSR count). The summed E-state index contributed by atoms with van der Waals surface area (Å²) in [6.07, 6.45) is 0. The van der Waals surface area contributed by atoms with Gasteiger partial charge in [0.2, 0.25) is 0 Å². The van der Waals surface area contributed by atoms with Gasteiger partial charge in [-0.25, -0.2) is 4.39 Å². The fraction of sp³-hybridized carbons (Fsp3) is 0.200. The van der Waals surface area contributed by atoms with E-state index in [-0.39, 0.29) is 5.82 Å². The Morgan fingerprint density at radius 2 is 1.86 bits per heavy atom. The maximum atomic E-state index is 14.1. The molecule has 22 heavy (non-hydrogen) atoms. The van der Waals surface area contributed by atoms with Crippen molar-refractivity contribution >= 4 is 10.8 Å². The number of rotatable bonds is 1. The third kappa shape index (κ3) is 2.20. The summed E-state index contributed by atoms with van der Waals surface area (Å²) >= 11 is 0. The van der Waals surface area contributed by atoms with Gasteiger partial charge in [-0.15, -0.1) is 0 Å². The molecule has 1 unspecified atom stereocenters. The van der Waals surface area contributed by atoms with Gasteiger partial charge in [-0.2, -0.15) is 0 Å². The summed E-state index contributed by atoms with van der Waals surface area (Å²) in [6, 6.07) is 20.0. The van der Waals surface area contributed by atoms with Crippen LogP contribution in [0.2, 0.25) is 0 Å². The Morgan fingerprint density at radius 1 is 1.00 bits per heavy atom. The molecule has 0 saturated heterocycles. The van der Waals surface area contributed by atoms with Gasteiger partial charge in [-0.1, -0.05) is 48.5 Å². The minimum absolute atomic E-state index is 0.142. The highest BCUT2D eigenvalue weighted by Gasteiger charge is 2.24. The molecule has 0 fully saturated rings. The van der Waals surface area contributed by atoms with E-state index in [0.717, 1.165) is 18.5 Å². The average molecular weight is 291 g/mol. The normalized spacial score (nSPS) is 18.4. The molecule has 1 heterocycles. The summed E-state index contributed by atoms with van der Waals surface area (Å²) < 4.78 is 14.1. The second kappa shape index (κ2) is 5.22. The molecule has 110 valence electrons. The summed E-state index contributed by atoms with van der Waals surface area (Å²) in [4.78, 5) is 2.33. The molecule has 3 aromatic carbocycles. The summed E-state index contributed by atoms with van der Waals surface area (Å²) in [5.41, 5.74) is 3.93. The third-order valence-electron chi connectivity index (χ3n) is 4.62. The van der Waals surface area contributed by atoms with Gasteiger partial charge in [0, 0.05) is 24.4 Å². The molecule has 0 N–H and O–H groups in total. The fourth-order valence-electron chi connectivity index (χ4n) is 3.54. The Labute approximate surface area is 130 Å². The molecule has 0 saturated carbocycles. The van der Waals surface area contributed by atoms with Gasteiger partial charge in [0.05, 0.1) is 0 Å². The Balaban J connectivity index is 1.87. The summed E-state index contributed by atoms with van der Waals surface area (Å²) in [6.45, 7) is 1.95. The lowest BCUT2D eigenvalue weighted by atomic mass is 9.84. The van der Waals surface area contributed by atoms with Gasteiger partial charge >= 0.3 is 0 Å². The highest BCUT2D eigenvalue weighted by Crippen LogP contribution is 2.34. The van der Waals surface area contributed by atoms with Crippen molar-refractivity contribution in [1.82, 2.24) is 4.90 Å². The van der Waals surface area contributed by atoms with Gasteiger partial charge in [0.15, 0.2) is 0 Å². The number of halogens is 1. The highest BCUT2D eigenvalue weighted by molar-refractivity contribution is 5.84. The quantitative estimate of drug-likeness (QED) is 0.635. The molecule has 2 heteroatoms. The van der Waals surface area contributed by atoms with Crippen molar-refractivity contribution in [2.45, 2.75) is 12.5 Å². The minimum atomic E-state index is -0.142. The zero-order valence-electron chi connectivity index (χ0n) is 12.6. The van der Waals surface area contributed by atoms with Crippen LogP contribution in [0.4, 0.5) is 4.39 Å². The summed E-state index contributed by atoms with van der Waals surface area (Å²) in [5.74, 6) is 0.163. The molecule has 1 nitrogen and oxygen atoms in total. The van der Waals surface area contributed by atoms with E-state index in [1.807, 2.05) is 18.2 Å². The van der Waals surface area contributed by atoms with E-state index in [0.29, 0.717) is 11.3 Å². The van der Waals surface area contributed by atoms with Gasteiger partial charge < -0.3 is 4.90 Å². The van der Waals surface area contributed by atoms with Crippen molar-refractivity contribution in [3.8, 4) is 0 Å². The van der Waals surface area contributed by atoms with E-state index < -0.39 is 0 Å². The van der Waals surface area contributed by atoms with Crippen molar-refractivity contribution in [1.29, 1.82) is 0 Å². The van der Waals surface area contributed by atoms with Gasteiger partial charge in [0.1, 0.15) is 5.82 Å². The molecular formula is C20H18FN. The SMILES string of the molecule is CN1Cc2ccccc2C(c2ccc3cccc(F)c3c2)C1. The standard InChI is InChI=1S/C20H18FN/c1-22-12-16-5-2-3-7-17(16)19(13-22)15-10-9-14-6-4-8-20(21)18(14)11-15/h2-11,19H,12-13H2,1H3. The van der Waals surface area contributed by atoms with E-state index in [4.69, 9.17) is 0 Å². The lowest BCUT2D eigenvalue weighted by Gasteiger charge is -2.32. The first-order valence-corrected chi connectivity index (χ1v) is 7.67. The second-order valence-electron chi connectivity index (χ2n) is 6.17. The van der Waals surface area contributed by atoms with Crippen molar-refractivity contribution in [3.63, 3.8) is 0 Å². The number of hydrogen-bond acceptors (Lipinski definition) is 1. The molecule has 1 aliphatic heterocycles. The molecule has 1 aliphatic rings. The van der Waals surface area contributed by atoms with E-state index >= 15 is 0 Å². The van der Waals surface area contributed by atoms with Crippen LogP contribution < -0.4 is 0 Å². The molecule has 0 aliphatic carbocycles. The lowest BCUT2D eigenvalue weighted by molar-refractivity contribution is 0.295. The van der Waals surface area contributed by atoms with Crippen LogP contribution in [0.15, 0.2) is 60.7 Å². The van der Waals surface area contributed by atoms with Crippen molar-refractivity contribution in [2.24, 2.45) is 0 Å². The Bertz CT molecular complexity index is 840. The third-order valence-corrected chi connectivity index (χ3v) is 4.62. The second-order valence-corrected chi connectivity index (χ2v) is 6.17. The first-order chi connectivity index (χ1) is 10.7. The minimum Gasteiger partial charge on any atom is -0.301 e. The molecule has 0 aromatic heterocycles. The van der Waals surface area contributed by atoms with Crippen LogP contribution in [0.5, 0.6) is 0 Å². The number of hydrogen-bond donors (Lipinski definition) is 0. The maximum absolute atomic E-state index is 14.1. The Kier molecular flexibility index (Phi) is 3.20. The molecule has 3 aromatic rings. The Hall–Kier alpha value is -2.19. The van der Waals surface area contributed by atoms with Gasteiger partial charge in [0.25, 0.3) is 0 Å². The predicted octanol–water partition coefficient (Wildman–Crippen LogP) is 4.56. The van der Waals surface area contributed by atoms with Crippen LogP contribution in [0.1, 0.15) is 22.6 Å². The van der Waals surface area contributed by atoms with Crippen LogP contribution in [0.3, 0.4) is 0 Å². The molecule has 0 bridgehead atoms. The number of benzene rings is 3.